The number of hydrogen-bond donors (Lipinski definition) is 0. The van der Waals surface area contributed by atoms with Gasteiger partial charge in [0.1, 0.15) is 5.82 Å². The van der Waals surface area contributed by atoms with Crippen molar-refractivity contribution in [3.05, 3.63) is 29.6 Å². The van der Waals surface area contributed by atoms with Crippen molar-refractivity contribution in [2.75, 3.05) is 26.3 Å². The molecule has 0 bridgehead atoms. The number of ether oxygens (including phenoxy) is 1. The van der Waals surface area contributed by atoms with Crippen molar-refractivity contribution in [1.82, 2.24) is 4.90 Å². The van der Waals surface area contributed by atoms with E-state index < -0.39 is 14.9 Å². The lowest BCUT2D eigenvalue weighted by molar-refractivity contribution is 0.0333. The third-order valence-electron chi connectivity index (χ3n) is 2.82. The van der Waals surface area contributed by atoms with Crippen molar-refractivity contribution in [3.8, 4) is 0 Å². The second-order valence-corrected chi connectivity index (χ2v) is 6.58. The molecule has 7 heteroatoms. The lowest BCUT2D eigenvalue weighted by atomic mass is 10.2. The summed E-state index contributed by atoms with van der Waals surface area (Å²) in [6.07, 6.45) is 0. The minimum atomic E-state index is -3.93. The summed E-state index contributed by atoms with van der Waals surface area (Å²) in [5.74, 6) is -0.553. The van der Waals surface area contributed by atoms with E-state index in [0.29, 0.717) is 26.3 Å². The lowest BCUT2D eigenvalue weighted by Crippen LogP contribution is -2.36. The van der Waals surface area contributed by atoms with Crippen LogP contribution >= 0.6 is 10.7 Å². The molecule has 0 radical (unpaired) electrons. The number of halogens is 2. The summed E-state index contributed by atoms with van der Waals surface area (Å²) in [6, 6.07) is 3.90. The fraction of sp³-hybridized carbons (Fsp3) is 0.455. The van der Waals surface area contributed by atoms with Crippen LogP contribution in [0.15, 0.2) is 23.1 Å². The minimum Gasteiger partial charge on any atom is -0.379 e. The summed E-state index contributed by atoms with van der Waals surface area (Å²) >= 11 is 0. The van der Waals surface area contributed by atoms with Gasteiger partial charge >= 0.3 is 0 Å². The summed E-state index contributed by atoms with van der Waals surface area (Å²) in [5, 5.41) is 0. The van der Waals surface area contributed by atoms with Gasteiger partial charge in [-0.1, -0.05) is 6.07 Å². The van der Waals surface area contributed by atoms with E-state index in [1.54, 1.807) is 0 Å². The average Bonchev–Trinajstić information content (AvgIpc) is 2.32. The fourth-order valence-corrected chi connectivity index (χ4v) is 3.03. The molecule has 0 saturated carbocycles. The van der Waals surface area contributed by atoms with E-state index in [4.69, 9.17) is 15.4 Å². The Labute approximate surface area is 110 Å². The molecule has 1 heterocycles. The highest BCUT2D eigenvalue weighted by atomic mass is 35.7. The predicted octanol–water partition coefficient (Wildman–Crippen LogP) is 1.59. The minimum absolute atomic E-state index is 0.120. The summed E-state index contributed by atoms with van der Waals surface area (Å²) in [7, 11) is 1.38. The lowest BCUT2D eigenvalue weighted by Gasteiger charge is -2.27. The molecule has 0 aromatic heterocycles. The van der Waals surface area contributed by atoms with Gasteiger partial charge in [-0.15, -0.1) is 0 Å². The van der Waals surface area contributed by atoms with E-state index in [2.05, 4.69) is 0 Å². The van der Waals surface area contributed by atoms with Crippen LogP contribution in [0.5, 0.6) is 0 Å². The average molecular weight is 294 g/mol. The van der Waals surface area contributed by atoms with Gasteiger partial charge in [-0.3, -0.25) is 4.90 Å². The van der Waals surface area contributed by atoms with Crippen molar-refractivity contribution in [1.29, 1.82) is 0 Å². The molecule has 4 nitrogen and oxygen atoms in total. The summed E-state index contributed by atoms with van der Waals surface area (Å²) in [4.78, 5) is 1.78. The topological polar surface area (TPSA) is 46.6 Å². The SMILES string of the molecule is O=S(=O)(Cl)c1cccc(F)c1CN1CCOCC1. The van der Waals surface area contributed by atoms with Crippen LogP contribution in [-0.2, 0) is 20.3 Å². The van der Waals surface area contributed by atoms with E-state index in [0.717, 1.165) is 0 Å². The van der Waals surface area contributed by atoms with Crippen LogP contribution in [0.25, 0.3) is 0 Å². The molecule has 0 N–H and O–H groups in total. The van der Waals surface area contributed by atoms with Crippen molar-refractivity contribution in [3.63, 3.8) is 0 Å². The van der Waals surface area contributed by atoms with Crippen LogP contribution in [-0.4, -0.2) is 39.6 Å². The summed E-state index contributed by atoms with van der Waals surface area (Å²) in [6.45, 7) is 2.65. The first-order valence-corrected chi connectivity index (χ1v) is 7.81. The summed E-state index contributed by atoms with van der Waals surface area (Å²) in [5.41, 5.74) is 0.120. The van der Waals surface area contributed by atoms with Gasteiger partial charge in [0, 0.05) is 35.9 Å². The molecule has 18 heavy (non-hydrogen) atoms. The molecule has 1 aliphatic heterocycles. The zero-order valence-electron chi connectivity index (χ0n) is 9.60. The van der Waals surface area contributed by atoms with Crippen LogP contribution in [0.4, 0.5) is 4.39 Å². The smallest absolute Gasteiger partial charge is 0.261 e. The van der Waals surface area contributed by atoms with Gasteiger partial charge in [0.25, 0.3) is 9.05 Å². The van der Waals surface area contributed by atoms with Gasteiger partial charge in [0.05, 0.1) is 18.1 Å². The van der Waals surface area contributed by atoms with Crippen LogP contribution in [0.1, 0.15) is 5.56 Å². The van der Waals surface area contributed by atoms with E-state index >= 15 is 0 Å². The number of morpholine rings is 1. The molecule has 1 aromatic rings. The Kier molecular flexibility index (Phi) is 4.21. The highest BCUT2D eigenvalue weighted by molar-refractivity contribution is 8.13. The molecule has 2 rings (SSSR count). The van der Waals surface area contributed by atoms with Crippen LogP contribution in [0.3, 0.4) is 0 Å². The maximum atomic E-state index is 13.8. The molecule has 0 spiro atoms. The Bertz CT molecular complexity index is 529. The molecule has 1 aliphatic rings. The van der Waals surface area contributed by atoms with Gasteiger partial charge in [0.2, 0.25) is 0 Å². The normalized spacial score (nSPS) is 17.9. The maximum absolute atomic E-state index is 13.8. The Morgan fingerprint density at radius 1 is 1.33 bits per heavy atom. The first kappa shape index (κ1) is 13.7. The Balaban J connectivity index is 2.31. The van der Waals surface area contributed by atoms with E-state index in [9.17, 15) is 12.8 Å². The van der Waals surface area contributed by atoms with Gasteiger partial charge in [0.15, 0.2) is 0 Å². The van der Waals surface area contributed by atoms with Crippen molar-refractivity contribution in [2.45, 2.75) is 11.4 Å². The molecular formula is C11H13ClFNO3S. The number of rotatable bonds is 3. The molecule has 0 aliphatic carbocycles. The quantitative estimate of drug-likeness (QED) is 0.794. The second-order valence-electron chi connectivity index (χ2n) is 4.04. The standard InChI is InChI=1S/C11H13ClFNO3S/c12-18(15,16)11-3-1-2-10(13)9(11)8-14-4-6-17-7-5-14/h1-3H,4-8H2. The van der Waals surface area contributed by atoms with E-state index in [-0.39, 0.29) is 17.0 Å². The van der Waals surface area contributed by atoms with Crippen molar-refractivity contribution >= 4 is 19.7 Å². The number of nitrogens with zero attached hydrogens (tertiary/aromatic N) is 1. The van der Waals surface area contributed by atoms with Crippen LogP contribution in [0.2, 0.25) is 0 Å². The van der Waals surface area contributed by atoms with Gasteiger partial charge in [-0.05, 0) is 12.1 Å². The second kappa shape index (κ2) is 5.52. The zero-order valence-corrected chi connectivity index (χ0v) is 11.2. The Hall–Kier alpha value is -0.690. The molecule has 1 aromatic carbocycles. The van der Waals surface area contributed by atoms with E-state index in [1.165, 1.54) is 18.2 Å². The highest BCUT2D eigenvalue weighted by Gasteiger charge is 2.21. The predicted molar refractivity (Wildman–Crippen MR) is 65.5 cm³/mol. The third-order valence-corrected chi connectivity index (χ3v) is 4.23. The fourth-order valence-electron chi connectivity index (χ4n) is 1.90. The van der Waals surface area contributed by atoms with Crippen LogP contribution < -0.4 is 0 Å². The third kappa shape index (κ3) is 3.20. The van der Waals surface area contributed by atoms with Crippen LogP contribution in [0, 0.1) is 5.82 Å². The molecular weight excluding hydrogens is 281 g/mol. The first-order valence-electron chi connectivity index (χ1n) is 5.50. The number of hydrogen-bond acceptors (Lipinski definition) is 4. The molecule has 1 saturated heterocycles. The molecule has 0 unspecified atom stereocenters. The van der Waals surface area contributed by atoms with Gasteiger partial charge in [-0.25, -0.2) is 12.8 Å². The molecule has 0 amide bonds. The Morgan fingerprint density at radius 3 is 2.61 bits per heavy atom. The molecule has 1 fully saturated rings. The van der Waals surface area contributed by atoms with Gasteiger partial charge < -0.3 is 4.74 Å². The van der Waals surface area contributed by atoms with Gasteiger partial charge in [-0.2, -0.15) is 0 Å². The van der Waals surface area contributed by atoms with E-state index in [1.807, 2.05) is 4.90 Å². The maximum Gasteiger partial charge on any atom is 0.261 e. The molecule has 100 valence electrons. The highest BCUT2D eigenvalue weighted by Crippen LogP contribution is 2.24. The largest absolute Gasteiger partial charge is 0.379 e. The Morgan fingerprint density at radius 2 is 2.00 bits per heavy atom. The zero-order chi connectivity index (χ0) is 13.2. The van der Waals surface area contributed by atoms with Crippen molar-refractivity contribution in [2.24, 2.45) is 0 Å². The summed E-state index contributed by atoms with van der Waals surface area (Å²) < 4.78 is 41.7. The number of benzene rings is 1. The van der Waals surface area contributed by atoms with Crippen molar-refractivity contribution < 1.29 is 17.5 Å². The monoisotopic (exact) mass is 293 g/mol. The molecule has 0 atom stereocenters. The first-order chi connectivity index (χ1) is 8.48.